The minimum Gasteiger partial charge on any atom is -0.465 e. The van der Waals surface area contributed by atoms with Gasteiger partial charge in [-0.15, -0.1) is 0 Å². The molecule has 1 aliphatic carbocycles. The van der Waals surface area contributed by atoms with Gasteiger partial charge < -0.3 is 10.5 Å². The van der Waals surface area contributed by atoms with Crippen molar-refractivity contribution in [1.29, 1.82) is 0 Å². The minimum absolute atomic E-state index is 0.242. The summed E-state index contributed by atoms with van der Waals surface area (Å²) in [5.74, 6) is 0.0193. The fraction of sp³-hybridized carbons (Fsp3) is 0.400. The highest BCUT2D eigenvalue weighted by molar-refractivity contribution is 5.88. The van der Waals surface area contributed by atoms with E-state index in [0.29, 0.717) is 11.5 Å². The van der Waals surface area contributed by atoms with Gasteiger partial charge in [0.25, 0.3) is 0 Å². The first-order chi connectivity index (χ1) is 6.72. The molecule has 1 saturated carbocycles. The Kier molecular flexibility index (Phi) is 2.21. The zero-order valence-corrected chi connectivity index (χ0v) is 7.93. The Morgan fingerprint density at radius 2 is 2.36 bits per heavy atom. The molecular weight excluding hydrogens is 180 g/mol. The molecule has 1 fully saturated rings. The molecular formula is C10H12N2O2. The lowest BCUT2D eigenvalue weighted by Crippen LogP contribution is -2.04. The Hall–Kier alpha value is -1.42. The Balaban J connectivity index is 2.14. The summed E-state index contributed by atoms with van der Waals surface area (Å²) >= 11 is 0. The van der Waals surface area contributed by atoms with Crippen molar-refractivity contribution in [3.8, 4) is 0 Å². The van der Waals surface area contributed by atoms with Crippen molar-refractivity contribution in [2.45, 2.75) is 18.4 Å². The zero-order valence-electron chi connectivity index (χ0n) is 7.93. The van der Waals surface area contributed by atoms with E-state index >= 15 is 0 Å². The van der Waals surface area contributed by atoms with Crippen molar-refractivity contribution in [1.82, 2.24) is 4.98 Å². The van der Waals surface area contributed by atoms with E-state index in [2.05, 4.69) is 9.72 Å². The first-order valence-electron chi connectivity index (χ1n) is 4.52. The van der Waals surface area contributed by atoms with Gasteiger partial charge in [-0.25, -0.2) is 4.79 Å². The number of aromatic nitrogens is 1. The van der Waals surface area contributed by atoms with Crippen LogP contribution in [0, 0.1) is 0 Å². The summed E-state index contributed by atoms with van der Waals surface area (Å²) in [4.78, 5) is 15.3. The van der Waals surface area contributed by atoms with Crippen LogP contribution in [0.25, 0.3) is 0 Å². The molecule has 0 bridgehead atoms. The molecule has 0 aromatic carbocycles. The Morgan fingerprint density at radius 1 is 1.64 bits per heavy atom. The fourth-order valence-corrected chi connectivity index (χ4v) is 1.42. The van der Waals surface area contributed by atoms with Crippen molar-refractivity contribution >= 4 is 5.97 Å². The van der Waals surface area contributed by atoms with Crippen molar-refractivity contribution in [3.63, 3.8) is 0 Å². The number of rotatable bonds is 2. The van der Waals surface area contributed by atoms with Crippen molar-refractivity contribution in [2.75, 3.05) is 7.11 Å². The molecule has 14 heavy (non-hydrogen) atoms. The molecule has 4 heteroatoms. The quantitative estimate of drug-likeness (QED) is 0.700. The van der Waals surface area contributed by atoms with Gasteiger partial charge in [0.15, 0.2) is 0 Å². The number of hydrogen-bond acceptors (Lipinski definition) is 4. The van der Waals surface area contributed by atoms with Gasteiger partial charge in [0, 0.05) is 23.9 Å². The lowest BCUT2D eigenvalue weighted by Gasteiger charge is -2.00. The Labute approximate surface area is 82.1 Å². The Morgan fingerprint density at radius 3 is 2.79 bits per heavy atom. The van der Waals surface area contributed by atoms with Gasteiger partial charge in [-0.05, 0) is 18.6 Å². The molecule has 1 heterocycles. The summed E-state index contributed by atoms with van der Waals surface area (Å²) in [5, 5.41) is 0. The number of nitrogens with zero attached hydrogens (tertiary/aromatic N) is 1. The van der Waals surface area contributed by atoms with Crippen LogP contribution >= 0.6 is 0 Å². The average molecular weight is 192 g/mol. The third kappa shape index (κ3) is 1.61. The summed E-state index contributed by atoms with van der Waals surface area (Å²) in [7, 11) is 1.35. The van der Waals surface area contributed by atoms with Gasteiger partial charge in [0.05, 0.1) is 12.7 Å². The van der Waals surface area contributed by atoms with Crippen LogP contribution in [0.1, 0.15) is 28.4 Å². The van der Waals surface area contributed by atoms with Crippen LogP contribution in [-0.4, -0.2) is 24.1 Å². The fourth-order valence-electron chi connectivity index (χ4n) is 1.42. The second kappa shape index (κ2) is 3.38. The number of methoxy groups -OCH3 is 1. The maximum absolute atomic E-state index is 11.1. The first-order valence-corrected chi connectivity index (χ1v) is 4.52. The maximum atomic E-state index is 11.1. The van der Waals surface area contributed by atoms with E-state index < -0.39 is 0 Å². The maximum Gasteiger partial charge on any atom is 0.339 e. The van der Waals surface area contributed by atoms with E-state index in [0.717, 1.165) is 12.1 Å². The van der Waals surface area contributed by atoms with Crippen LogP contribution in [0.5, 0.6) is 0 Å². The molecule has 1 aliphatic rings. The molecule has 0 radical (unpaired) electrons. The monoisotopic (exact) mass is 192 g/mol. The number of esters is 1. The molecule has 0 saturated heterocycles. The van der Waals surface area contributed by atoms with Crippen LogP contribution in [0.4, 0.5) is 0 Å². The second-order valence-corrected chi connectivity index (χ2v) is 3.47. The minimum atomic E-state index is -0.357. The second-order valence-electron chi connectivity index (χ2n) is 3.47. The topological polar surface area (TPSA) is 65.2 Å². The molecule has 0 aliphatic heterocycles. The summed E-state index contributed by atoms with van der Waals surface area (Å²) < 4.78 is 4.57. The van der Waals surface area contributed by atoms with Crippen molar-refractivity contribution in [3.05, 3.63) is 29.6 Å². The van der Waals surface area contributed by atoms with E-state index in [4.69, 9.17) is 5.73 Å². The summed E-state index contributed by atoms with van der Waals surface area (Å²) in [6.45, 7) is 0. The third-order valence-electron chi connectivity index (χ3n) is 2.43. The molecule has 74 valence electrons. The lowest BCUT2D eigenvalue weighted by atomic mass is 10.2. The molecule has 2 atom stereocenters. The predicted octanol–water partition coefficient (Wildman–Crippen LogP) is 0.683. The predicted molar refractivity (Wildman–Crippen MR) is 50.9 cm³/mol. The van der Waals surface area contributed by atoms with E-state index in [-0.39, 0.29) is 12.0 Å². The number of nitrogens with two attached hydrogens (primary N) is 1. The van der Waals surface area contributed by atoms with E-state index in [1.54, 1.807) is 6.07 Å². The lowest BCUT2D eigenvalue weighted by molar-refractivity contribution is 0.0600. The van der Waals surface area contributed by atoms with Gasteiger partial charge in [0.2, 0.25) is 0 Å². The molecule has 2 rings (SSSR count). The zero-order chi connectivity index (χ0) is 10.1. The number of pyridine rings is 1. The van der Waals surface area contributed by atoms with Crippen LogP contribution < -0.4 is 5.73 Å². The Bertz CT molecular complexity index is 348. The highest BCUT2D eigenvalue weighted by atomic mass is 16.5. The molecule has 2 N–H and O–H groups in total. The van der Waals surface area contributed by atoms with Crippen molar-refractivity contribution < 1.29 is 9.53 Å². The molecule has 1 aromatic rings. The number of hydrogen-bond donors (Lipinski definition) is 1. The largest absolute Gasteiger partial charge is 0.465 e. The summed E-state index contributed by atoms with van der Waals surface area (Å²) in [6, 6.07) is 3.80. The van der Waals surface area contributed by atoms with E-state index in [1.807, 2.05) is 6.07 Å². The number of ether oxygens (including phenoxy) is 1. The van der Waals surface area contributed by atoms with E-state index in [1.165, 1.54) is 13.3 Å². The van der Waals surface area contributed by atoms with Gasteiger partial charge in [-0.1, -0.05) is 0 Å². The number of carbonyl (C=O) groups is 1. The molecule has 1 aromatic heterocycles. The van der Waals surface area contributed by atoms with Crippen LogP contribution in [0.15, 0.2) is 18.3 Å². The first kappa shape index (κ1) is 9.15. The highest BCUT2D eigenvalue weighted by Crippen LogP contribution is 2.37. The van der Waals surface area contributed by atoms with Crippen LogP contribution in [0.3, 0.4) is 0 Å². The molecule has 0 amide bonds. The molecule has 4 nitrogen and oxygen atoms in total. The normalized spacial score (nSPS) is 24.4. The standard InChI is InChI=1S/C10H12N2O2/c1-14-10(13)6-2-3-9(12-5-6)7-4-8(7)11/h2-3,5,7-8H,4,11H2,1H3/t7-,8-/m1/s1. The third-order valence-corrected chi connectivity index (χ3v) is 2.43. The van der Waals surface area contributed by atoms with Crippen LogP contribution in [-0.2, 0) is 4.74 Å². The highest BCUT2D eigenvalue weighted by Gasteiger charge is 2.35. The van der Waals surface area contributed by atoms with Gasteiger partial charge in [-0.2, -0.15) is 0 Å². The number of carbonyl (C=O) groups excluding carboxylic acids is 1. The van der Waals surface area contributed by atoms with Crippen LogP contribution in [0.2, 0.25) is 0 Å². The summed E-state index contributed by atoms with van der Waals surface area (Å²) in [6.07, 6.45) is 2.52. The smallest absolute Gasteiger partial charge is 0.339 e. The van der Waals surface area contributed by atoms with Crippen molar-refractivity contribution in [2.24, 2.45) is 5.73 Å². The SMILES string of the molecule is COC(=O)c1ccc([C@@H]2C[C@H]2N)nc1. The molecule has 0 spiro atoms. The average Bonchev–Trinajstić information content (AvgIpc) is 2.95. The van der Waals surface area contributed by atoms with Gasteiger partial charge in [0.1, 0.15) is 0 Å². The van der Waals surface area contributed by atoms with E-state index in [9.17, 15) is 4.79 Å². The van der Waals surface area contributed by atoms with Gasteiger partial charge in [-0.3, -0.25) is 4.98 Å². The molecule has 0 unspecified atom stereocenters. The summed E-state index contributed by atoms with van der Waals surface area (Å²) in [5.41, 5.74) is 7.13. The van der Waals surface area contributed by atoms with Gasteiger partial charge >= 0.3 is 5.97 Å².